The monoisotopic (exact) mass is 576 g/mol. The lowest BCUT2D eigenvalue weighted by Crippen LogP contribution is -2.38. The van der Waals surface area contributed by atoms with Gasteiger partial charge in [0.2, 0.25) is 0 Å². The van der Waals surface area contributed by atoms with Gasteiger partial charge in [0, 0.05) is 11.8 Å². The number of benzene rings is 2. The minimum atomic E-state index is -0.863. The fraction of sp³-hybridized carbons (Fsp3) is 0.250. The average Bonchev–Trinajstić information content (AvgIpc) is 3.15. The van der Waals surface area contributed by atoms with Crippen LogP contribution < -0.4 is 11.2 Å². The molecule has 1 saturated heterocycles. The van der Waals surface area contributed by atoms with E-state index >= 15 is 0 Å². The summed E-state index contributed by atoms with van der Waals surface area (Å²) in [5.74, 6) is -1.12. The zero-order valence-corrected chi connectivity index (χ0v) is 20.2. The van der Waals surface area contributed by atoms with Gasteiger partial charge in [0.15, 0.2) is 6.23 Å². The molecule has 4 atom stereocenters. The zero-order valence-electron chi connectivity index (χ0n) is 18.1. The van der Waals surface area contributed by atoms with Gasteiger partial charge >= 0.3 is 17.6 Å². The Hall–Kier alpha value is -3.25. The van der Waals surface area contributed by atoms with Crippen molar-refractivity contribution in [2.75, 3.05) is 6.61 Å². The molecule has 3 aromatic rings. The summed E-state index contributed by atoms with van der Waals surface area (Å²) in [5, 5.41) is 0. The van der Waals surface area contributed by atoms with Crippen LogP contribution in [0.15, 0.2) is 76.4 Å². The number of rotatable bonds is 6. The Morgan fingerprint density at radius 1 is 1.00 bits per heavy atom. The molecule has 0 radical (unpaired) electrons. The van der Waals surface area contributed by atoms with E-state index in [9.17, 15) is 19.2 Å². The average molecular weight is 576 g/mol. The van der Waals surface area contributed by atoms with Crippen molar-refractivity contribution in [1.82, 2.24) is 9.55 Å². The molecule has 10 heteroatoms. The Balaban J connectivity index is 1.59. The van der Waals surface area contributed by atoms with Crippen molar-refractivity contribution >= 4 is 34.5 Å². The van der Waals surface area contributed by atoms with Crippen LogP contribution in [-0.2, 0) is 14.2 Å². The van der Waals surface area contributed by atoms with E-state index in [1.54, 1.807) is 67.6 Å². The van der Waals surface area contributed by atoms with Crippen LogP contribution in [0, 0.1) is 6.92 Å². The van der Waals surface area contributed by atoms with Crippen molar-refractivity contribution in [3.63, 3.8) is 0 Å². The molecule has 1 aromatic heterocycles. The van der Waals surface area contributed by atoms with Crippen molar-refractivity contribution < 1.29 is 23.8 Å². The molecule has 0 amide bonds. The lowest BCUT2D eigenvalue weighted by Gasteiger charge is -2.20. The highest BCUT2D eigenvalue weighted by Crippen LogP contribution is 2.37. The molecule has 1 aliphatic rings. The van der Waals surface area contributed by atoms with E-state index in [0.29, 0.717) is 16.7 Å². The molecule has 2 aromatic carbocycles. The van der Waals surface area contributed by atoms with E-state index in [0.717, 1.165) is 0 Å². The summed E-state index contributed by atoms with van der Waals surface area (Å²) in [4.78, 5) is 51.7. The van der Waals surface area contributed by atoms with Crippen LogP contribution >= 0.6 is 22.6 Å². The topological polar surface area (TPSA) is 117 Å². The maximum atomic E-state index is 12.8. The Kier molecular flexibility index (Phi) is 7.27. The molecule has 9 nitrogen and oxygen atoms in total. The highest BCUT2D eigenvalue weighted by Gasteiger charge is 2.47. The van der Waals surface area contributed by atoms with Gasteiger partial charge in [0.1, 0.15) is 18.8 Å². The first-order chi connectivity index (χ1) is 16.3. The van der Waals surface area contributed by atoms with E-state index in [-0.39, 0.29) is 6.61 Å². The molecule has 0 unspecified atom stereocenters. The maximum Gasteiger partial charge on any atom is 0.338 e. The Labute approximate surface area is 207 Å². The summed E-state index contributed by atoms with van der Waals surface area (Å²) in [5.41, 5.74) is -0.106. The van der Waals surface area contributed by atoms with Crippen molar-refractivity contribution in [3.05, 3.63) is 104 Å². The summed E-state index contributed by atoms with van der Waals surface area (Å²) >= 11 is 2.04. The van der Waals surface area contributed by atoms with Crippen molar-refractivity contribution in [1.29, 1.82) is 0 Å². The van der Waals surface area contributed by atoms with Gasteiger partial charge in [0.05, 0.1) is 15.1 Å². The Morgan fingerprint density at radius 3 is 2.21 bits per heavy atom. The fourth-order valence-corrected chi connectivity index (χ4v) is 4.68. The second kappa shape index (κ2) is 10.3. The number of hydrogen-bond donors (Lipinski definition) is 1. The summed E-state index contributed by atoms with van der Waals surface area (Å²) in [6.45, 7) is 1.37. The smallest absolute Gasteiger partial charge is 0.338 e. The number of H-pyrrole nitrogens is 1. The van der Waals surface area contributed by atoms with Crippen LogP contribution in [0.25, 0.3) is 0 Å². The molecule has 1 aliphatic heterocycles. The van der Waals surface area contributed by atoms with Crippen LogP contribution in [0.2, 0.25) is 0 Å². The molecular formula is C24H21IN2O7. The van der Waals surface area contributed by atoms with Crippen LogP contribution in [0.1, 0.15) is 32.5 Å². The molecule has 0 spiro atoms. The number of esters is 2. The molecule has 4 rings (SSSR count). The van der Waals surface area contributed by atoms with Crippen molar-refractivity contribution in [3.8, 4) is 0 Å². The molecule has 34 heavy (non-hydrogen) atoms. The predicted molar refractivity (Wildman–Crippen MR) is 130 cm³/mol. The highest BCUT2D eigenvalue weighted by atomic mass is 127. The largest absolute Gasteiger partial charge is 0.459 e. The Morgan fingerprint density at radius 2 is 1.59 bits per heavy atom. The number of alkyl halides is 1. The molecular weight excluding hydrogens is 555 g/mol. The van der Waals surface area contributed by atoms with E-state index in [4.69, 9.17) is 14.2 Å². The lowest BCUT2D eigenvalue weighted by molar-refractivity contribution is -0.0581. The van der Waals surface area contributed by atoms with Crippen molar-refractivity contribution in [2.24, 2.45) is 0 Å². The second-order valence-electron chi connectivity index (χ2n) is 7.69. The van der Waals surface area contributed by atoms with Crippen molar-refractivity contribution in [2.45, 2.75) is 29.3 Å². The standard InChI is InChI=1S/C24H21IN2O7/c1-14-12-27(24(31)26-20(14)28)21-18(25)19(34-23(30)16-10-6-3-7-11-16)17(33-21)13-32-22(29)15-8-4-2-5-9-15/h2-12,17-19,21H,13H2,1H3,(H,26,28,31)/t17-,18-,19-,21-/m0/s1. The van der Waals surface area contributed by atoms with Crippen LogP contribution in [0.4, 0.5) is 0 Å². The third kappa shape index (κ3) is 5.12. The zero-order chi connectivity index (χ0) is 24.2. The summed E-state index contributed by atoms with van der Waals surface area (Å²) in [6.07, 6.45) is -1.14. The fourth-order valence-electron chi connectivity index (χ4n) is 3.55. The van der Waals surface area contributed by atoms with E-state index in [1.165, 1.54) is 10.8 Å². The summed E-state index contributed by atoms with van der Waals surface area (Å²) < 4.78 is 18.0. The van der Waals surface area contributed by atoms with Crippen LogP contribution in [0.3, 0.4) is 0 Å². The number of aromatic nitrogens is 2. The SMILES string of the molecule is Cc1cn([C@H]2O[C@@H](COC(=O)c3ccccc3)[C@H](OC(=O)c3ccccc3)[C@@H]2I)c(=O)[nH]c1=O. The van der Waals surface area contributed by atoms with E-state index in [2.05, 4.69) is 4.98 Å². The van der Waals surface area contributed by atoms with E-state index in [1.807, 2.05) is 22.6 Å². The number of ether oxygens (including phenoxy) is 3. The van der Waals surface area contributed by atoms with Gasteiger partial charge in [-0.25, -0.2) is 14.4 Å². The first kappa shape index (κ1) is 23.9. The minimum absolute atomic E-state index is 0.201. The number of aryl methyl sites for hydroxylation is 1. The number of nitrogens with zero attached hydrogens (tertiary/aromatic N) is 1. The minimum Gasteiger partial charge on any atom is -0.459 e. The highest BCUT2D eigenvalue weighted by molar-refractivity contribution is 14.1. The van der Waals surface area contributed by atoms with Gasteiger partial charge < -0.3 is 14.2 Å². The maximum absolute atomic E-state index is 12.8. The third-order valence-electron chi connectivity index (χ3n) is 5.33. The van der Waals surface area contributed by atoms with Gasteiger partial charge in [-0.2, -0.15) is 0 Å². The van der Waals surface area contributed by atoms with Gasteiger partial charge in [-0.05, 0) is 31.2 Å². The first-order valence-corrected chi connectivity index (χ1v) is 11.7. The van der Waals surface area contributed by atoms with Gasteiger partial charge in [0.25, 0.3) is 5.56 Å². The van der Waals surface area contributed by atoms with Gasteiger partial charge in [-0.15, -0.1) is 0 Å². The first-order valence-electron chi connectivity index (χ1n) is 10.4. The quantitative estimate of drug-likeness (QED) is 0.273. The lowest BCUT2D eigenvalue weighted by atomic mass is 10.1. The normalized spacial score (nSPS) is 21.7. The molecule has 176 valence electrons. The molecule has 2 heterocycles. The van der Waals surface area contributed by atoms with Gasteiger partial charge in [-0.1, -0.05) is 59.0 Å². The molecule has 0 aliphatic carbocycles. The number of hydrogen-bond acceptors (Lipinski definition) is 7. The molecule has 1 fully saturated rings. The molecule has 1 N–H and O–H groups in total. The Bertz CT molecular complexity index is 1290. The van der Waals surface area contributed by atoms with E-state index < -0.39 is 45.5 Å². The number of halogens is 1. The number of aromatic amines is 1. The van der Waals surface area contributed by atoms with Gasteiger partial charge in [-0.3, -0.25) is 14.3 Å². The predicted octanol–water partition coefficient (Wildman–Crippen LogP) is 2.63. The third-order valence-corrected chi connectivity index (χ3v) is 6.65. The van der Waals surface area contributed by atoms with Crippen LogP contribution in [-0.4, -0.2) is 44.2 Å². The number of carbonyl (C=O) groups excluding carboxylic acids is 2. The molecule has 0 bridgehead atoms. The summed E-state index contributed by atoms with van der Waals surface area (Å²) in [7, 11) is 0. The van der Waals surface area contributed by atoms with Crippen LogP contribution in [0.5, 0.6) is 0 Å². The number of nitrogens with one attached hydrogen (secondary N) is 1. The number of carbonyl (C=O) groups is 2. The molecule has 0 saturated carbocycles. The second-order valence-corrected chi connectivity index (χ2v) is 9.13. The summed E-state index contributed by atoms with van der Waals surface area (Å²) in [6, 6.07) is 16.9.